The quantitative estimate of drug-likeness (QED) is 0.363. The lowest BCUT2D eigenvalue weighted by atomic mass is 10.0. The van der Waals surface area contributed by atoms with E-state index in [-0.39, 0.29) is 5.37 Å². The van der Waals surface area contributed by atoms with Crippen molar-refractivity contribution in [1.29, 1.82) is 0 Å². The van der Waals surface area contributed by atoms with Gasteiger partial charge in [-0.15, -0.1) is 11.8 Å². The number of aromatic nitrogens is 1. The van der Waals surface area contributed by atoms with Crippen LogP contribution in [0.2, 0.25) is 0 Å². The number of rotatable bonds is 7. The van der Waals surface area contributed by atoms with Crippen molar-refractivity contribution in [3.8, 4) is 5.75 Å². The van der Waals surface area contributed by atoms with E-state index in [0.717, 1.165) is 15.8 Å². The van der Waals surface area contributed by atoms with E-state index in [2.05, 4.69) is 25.7 Å². The number of ether oxygens (including phenoxy) is 1. The molecule has 1 aromatic heterocycles. The van der Waals surface area contributed by atoms with Gasteiger partial charge in [-0.2, -0.15) is 0 Å². The van der Waals surface area contributed by atoms with Gasteiger partial charge in [0.25, 0.3) is 10.0 Å². The summed E-state index contributed by atoms with van der Waals surface area (Å²) in [6.45, 7) is 8.16. The van der Waals surface area contributed by atoms with Crippen LogP contribution in [-0.2, 0) is 10.0 Å². The Balaban J connectivity index is 2.23. The van der Waals surface area contributed by atoms with Gasteiger partial charge < -0.3 is 4.74 Å². The molecule has 0 aliphatic heterocycles. The first-order valence-corrected chi connectivity index (χ1v) is 12.3. The average Bonchev–Trinajstić information content (AvgIpc) is 2.99. The molecule has 3 rings (SSSR count). The van der Waals surface area contributed by atoms with Crippen LogP contribution in [0.25, 0.3) is 10.9 Å². The van der Waals surface area contributed by atoms with E-state index in [1.807, 2.05) is 45.3 Å². The van der Waals surface area contributed by atoms with Gasteiger partial charge in [-0.05, 0) is 69.8 Å². The number of hydrogen-bond acceptors (Lipinski definition) is 5. The first-order valence-electron chi connectivity index (χ1n) is 9.95. The van der Waals surface area contributed by atoms with Crippen molar-refractivity contribution in [3.63, 3.8) is 0 Å². The molecule has 0 amide bonds. The van der Waals surface area contributed by atoms with E-state index in [0.29, 0.717) is 27.8 Å². The summed E-state index contributed by atoms with van der Waals surface area (Å²) >= 11 is 1.65. The third-order valence-electron chi connectivity index (χ3n) is 5.40. The molecule has 0 N–H and O–H groups in total. The molecule has 0 radical (unpaired) electrons. The van der Waals surface area contributed by atoms with Crippen molar-refractivity contribution < 1.29 is 13.2 Å². The lowest BCUT2D eigenvalue weighted by Crippen LogP contribution is -2.21. The highest BCUT2D eigenvalue weighted by Gasteiger charge is 2.26. The second-order valence-corrected chi connectivity index (χ2v) is 11.1. The molecular weight excluding hydrogens is 416 g/mol. The van der Waals surface area contributed by atoms with Crippen LogP contribution in [0.1, 0.15) is 37.9 Å². The summed E-state index contributed by atoms with van der Waals surface area (Å²) in [6.07, 6.45) is 0. The Morgan fingerprint density at radius 1 is 1.03 bits per heavy atom. The summed E-state index contributed by atoms with van der Waals surface area (Å²) in [5.41, 5.74) is 2.49. The predicted molar refractivity (Wildman–Crippen MR) is 125 cm³/mol. The van der Waals surface area contributed by atoms with Crippen molar-refractivity contribution in [3.05, 3.63) is 53.7 Å². The molecule has 1 unspecified atom stereocenters. The van der Waals surface area contributed by atoms with E-state index < -0.39 is 10.0 Å². The predicted octanol–water partition coefficient (Wildman–Crippen LogP) is 5.32. The summed E-state index contributed by atoms with van der Waals surface area (Å²) in [7, 11) is 1.90. The van der Waals surface area contributed by atoms with Crippen molar-refractivity contribution >= 4 is 32.7 Å². The molecule has 7 heteroatoms. The smallest absolute Gasteiger partial charge is 0.268 e. The summed E-state index contributed by atoms with van der Waals surface area (Å²) in [4.78, 5) is 3.35. The van der Waals surface area contributed by atoms with Gasteiger partial charge in [0.2, 0.25) is 0 Å². The second-order valence-electron chi connectivity index (χ2n) is 7.97. The monoisotopic (exact) mass is 446 g/mol. The molecule has 0 saturated heterocycles. The van der Waals surface area contributed by atoms with Crippen molar-refractivity contribution in [2.24, 2.45) is 0 Å². The summed E-state index contributed by atoms with van der Waals surface area (Å²) in [5.74, 6) is 1.05. The van der Waals surface area contributed by atoms with Crippen molar-refractivity contribution in [2.75, 3.05) is 21.2 Å². The molecule has 0 saturated carbocycles. The van der Waals surface area contributed by atoms with Crippen LogP contribution in [0.4, 0.5) is 0 Å². The Labute approximate surface area is 184 Å². The number of benzene rings is 2. The van der Waals surface area contributed by atoms with Gasteiger partial charge in [0.1, 0.15) is 5.75 Å². The van der Waals surface area contributed by atoms with Gasteiger partial charge in [0.05, 0.1) is 22.9 Å². The molecular formula is C23H30N2O3S2. The molecule has 0 fully saturated rings. The van der Waals surface area contributed by atoms with Crippen LogP contribution < -0.4 is 4.74 Å². The summed E-state index contributed by atoms with van der Waals surface area (Å²) in [6, 6.07) is 12.7. The lowest BCUT2D eigenvalue weighted by Gasteiger charge is -2.19. The minimum atomic E-state index is -3.74. The molecule has 2 aromatic carbocycles. The van der Waals surface area contributed by atoms with E-state index in [1.54, 1.807) is 37.1 Å². The molecule has 1 atom stereocenters. The first-order chi connectivity index (χ1) is 14.1. The molecule has 5 nitrogen and oxygen atoms in total. The van der Waals surface area contributed by atoms with Crippen molar-refractivity contribution in [2.45, 2.75) is 48.8 Å². The molecule has 162 valence electrons. The highest BCUT2D eigenvalue weighted by Crippen LogP contribution is 2.40. The number of thioether (sulfide) groups is 1. The molecule has 0 aliphatic carbocycles. The minimum Gasteiger partial charge on any atom is -0.497 e. The van der Waals surface area contributed by atoms with Crippen LogP contribution in [0.15, 0.2) is 52.3 Å². The van der Waals surface area contributed by atoms with E-state index >= 15 is 0 Å². The second kappa shape index (κ2) is 8.65. The molecule has 0 spiro atoms. The Kier molecular flexibility index (Phi) is 6.55. The fourth-order valence-corrected chi connectivity index (χ4v) is 6.06. The van der Waals surface area contributed by atoms with Gasteiger partial charge >= 0.3 is 0 Å². The van der Waals surface area contributed by atoms with Gasteiger partial charge in [0.15, 0.2) is 0 Å². The van der Waals surface area contributed by atoms with Crippen LogP contribution in [0.5, 0.6) is 5.75 Å². The fraction of sp³-hybridized carbons (Fsp3) is 0.391. The van der Waals surface area contributed by atoms with E-state index in [4.69, 9.17) is 4.74 Å². The maximum atomic E-state index is 13.6. The minimum absolute atomic E-state index is 0.182. The zero-order chi connectivity index (χ0) is 22.2. The zero-order valence-corrected chi connectivity index (χ0v) is 20.3. The number of hydrogen-bond donors (Lipinski definition) is 0. The first kappa shape index (κ1) is 22.7. The van der Waals surface area contributed by atoms with E-state index in [9.17, 15) is 8.42 Å². The molecule has 0 aliphatic rings. The van der Waals surface area contributed by atoms with Gasteiger partial charge in [-0.3, -0.25) is 4.90 Å². The van der Waals surface area contributed by atoms with Crippen molar-refractivity contribution in [1.82, 2.24) is 8.87 Å². The SMILES string of the molecule is COc1ccc2c(c1)c(SC(C)N(C)C)c(C)n2S(=O)(=O)c1ccc(C(C)C)cc1. The van der Waals surface area contributed by atoms with Gasteiger partial charge in [0, 0.05) is 16.0 Å². The van der Waals surface area contributed by atoms with Crippen LogP contribution in [0.3, 0.4) is 0 Å². The summed E-state index contributed by atoms with van der Waals surface area (Å²) in [5, 5.41) is 1.06. The third-order valence-corrected chi connectivity index (χ3v) is 8.73. The molecule has 3 aromatic rings. The highest BCUT2D eigenvalue weighted by atomic mass is 32.2. The molecule has 30 heavy (non-hydrogen) atoms. The van der Waals surface area contributed by atoms with Gasteiger partial charge in [-0.25, -0.2) is 12.4 Å². The normalized spacial score (nSPS) is 13.4. The standard InChI is InChI=1S/C23H30N2O3S2/c1-15(2)18-8-11-20(12-9-18)30(26,27)25-16(3)23(29-17(4)24(5)6)21-14-19(28-7)10-13-22(21)25/h8-15,17H,1-7H3. The number of methoxy groups -OCH3 is 1. The lowest BCUT2D eigenvalue weighted by molar-refractivity contribution is 0.402. The van der Waals surface area contributed by atoms with Crippen LogP contribution in [-0.4, -0.2) is 43.9 Å². The Bertz CT molecular complexity index is 1150. The number of nitrogens with zero attached hydrogens (tertiary/aromatic N) is 2. The molecule has 0 bridgehead atoms. The highest BCUT2D eigenvalue weighted by molar-refractivity contribution is 8.00. The maximum Gasteiger partial charge on any atom is 0.268 e. The topological polar surface area (TPSA) is 51.5 Å². The fourth-order valence-electron chi connectivity index (χ4n) is 3.33. The van der Waals surface area contributed by atoms with Crippen LogP contribution >= 0.6 is 11.8 Å². The zero-order valence-electron chi connectivity index (χ0n) is 18.6. The third kappa shape index (κ3) is 4.11. The Hall–Kier alpha value is -1.96. The number of fused-ring (bicyclic) bond motifs is 1. The largest absolute Gasteiger partial charge is 0.497 e. The average molecular weight is 447 g/mol. The summed E-state index contributed by atoms with van der Waals surface area (Å²) < 4.78 is 34.2. The maximum absolute atomic E-state index is 13.6. The molecule has 1 heterocycles. The Morgan fingerprint density at radius 3 is 2.20 bits per heavy atom. The Morgan fingerprint density at radius 2 is 1.67 bits per heavy atom. The van der Waals surface area contributed by atoms with Crippen LogP contribution in [0, 0.1) is 6.92 Å². The van der Waals surface area contributed by atoms with Gasteiger partial charge in [-0.1, -0.05) is 26.0 Å². The van der Waals surface area contributed by atoms with E-state index in [1.165, 1.54) is 3.97 Å².